The van der Waals surface area contributed by atoms with Crippen molar-refractivity contribution in [2.45, 2.75) is 77.6 Å². The number of hydrogen-bond donors (Lipinski definition) is 1. The van der Waals surface area contributed by atoms with E-state index in [2.05, 4.69) is 12.2 Å². The highest BCUT2D eigenvalue weighted by Crippen LogP contribution is 2.11. The monoisotopic (exact) mass is 285 g/mol. The lowest BCUT2D eigenvalue weighted by Crippen LogP contribution is -2.26. The molecule has 0 aromatic carbocycles. The summed E-state index contributed by atoms with van der Waals surface area (Å²) in [7, 11) is 1.67. The summed E-state index contributed by atoms with van der Waals surface area (Å²) in [5, 5.41) is 3.10. The molecule has 0 aromatic rings. The summed E-state index contributed by atoms with van der Waals surface area (Å²) in [4.78, 5) is 11.5. The lowest BCUT2D eigenvalue weighted by Gasteiger charge is -2.04. The maximum absolute atomic E-state index is 11.5. The Morgan fingerprint density at radius 1 is 0.900 bits per heavy atom. The topological polar surface area (TPSA) is 38.3 Å². The second-order valence-electron chi connectivity index (χ2n) is 5.64. The Labute approximate surface area is 125 Å². The van der Waals surface area contributed by atoms with Crippen LogP contribution in [-0.2, 0) is 9.53 Å². The van der Waals surface area contributed by atoms with E-state index in [4.69, 9.17) is 4.74 Å². The van der Waals surface area contributed by atoms with E-state index in [0.29, 0.717) is 18.9 Å². The largest absolute Gasteiger partial charge is 0.383 e. The number of rotatable bonds is 16. The number of carbonyl (C=O) groups is 1. The average molecular weight is 285 g/mol. The first-order valence-corrected chi connectivity index (χ1v) is 8.52. The minimum absolute atomic E-state index is 0.334. The fraction of sp³-hybridized carbons (Fsp3) is 0.941. The number of methoxy groups -OCH3 is 1. The Balaban J connectivity index is 3.09. The maximum Gasteiger partial charge on any atom is 0.146 e. The summed E-state index contributed by atoms with van der Waals surface area (Å²) in [5.74, 6) is 0.334. The van der Waals surface area contributed by atoms with E-state index in [1.54, 1.807) is 7.11 Å². The fourth-order valence-electron chi connectivity index (χ4n) is 2.30. The van der Waals surface area contributed by atoms with E-state index in [1.165, 1.54) is 57.8 Å². The van der Waals surface area contributed by atoms with Crippen molar-refractivity contribution in [3.05, 3.63) is 0 Å². The van der Waals surface area contributed by atoms with Gasteiger partial charge in [0, 0.05) is 20.1 Å². The molecule has 0 spiro atoms. The summed E-state index contributed by atoms with van der Waals surface area (Å²) in [6.45, 7) is 4.20. The summed E-state index contributed by atoms with van der Waals surface area (Å²) >= 11 is 0. The Kier molecular flexibility index (Phi) is 16.3. The minimum Gasteiger partial charge on any atom is -0.383 e. The number of hydrogen-bond acceptors (Lipinski definition) is 3. The van der Waals surface area contributed by atoms with Crippen LogP contribution in [0.5, 0.6) is 0 Å². The molecule has 120 valence electrons. The van der Waals surface area contributed by atoms with Gasteiger partial charge in [-0.2, -0.15) is 0 Å². The van der Waals surface area contributed by atoms with E-state index in [9.17, 15) is 4.79 Å². The molecule has 0 radical (unpaired) electrons. The molecule has 0 aromatic heterocycles. The Bertz CT molecular complexity index is 207. The van der Waals surface area contributed by atoms with Gasteiger partial charge in [0.15, 0.2) is 0 Å². The number of carbonyl (C=O) groups excluding carboxylic acids is 1. The number of ketones is 1. The van der Waals surface area contributed by atoms with Crippen LogP contribution in [0.3, 0.4) is 0 Å². The quantitative estimate of drug-likeness (QED) is 0.434. The van der Waals surface area contributed by atoms with E-state index in [-0.39, 0.29) is 0 Å². The molecule has 0 aliphatic rings. The molecular weight excluding hydrogens is 250 g/mol. The van der Waals surface area contributed by atoms with Crippen LogP contribution in [0.2, 0.25) is 0 Å². The van der Waals surface area contributed by atoms with Crippen molar-refractivity contribution in [2.24, 2.45) is 0 Å². The van der Waals surface area contributed by atoms with E-state index < -0.39 is 0 Å². The van der Waals surface area contributed by atoms with Crippen molar-refractivity contribution in [3.63, 3.8) is 0 Å². The van der Waals surface area contributed by atoms with Gasteiger partial charge in [0.2, 0.25) is 0 Å². The molecule has 0 aliphatic carbocycles. The maximum atomic E-state index is 11.5. The third-order valence-electron chi connectivity index (χ3n) is 3.61. The average Bonchev–Trinajstić information content (AvgIpc) is 2.45. The molecule has 1 N–H and O–H groups in total. The fourth-order valence-corrected chi connectivity index (χ4v) is 2.30. The van der Waals surface area contributed by atoms with Crippen LogP contribution < -0.4 is 5.32 Å². The molecular formula is C17H35NO2. The van der Waals surface area contributed by atoms with E-state index >= 15 is 0 Å². The van der Waals surface area contributed by atoms with Gasteiger partial charge in [-0.25, -0.2) is 0 Å². The Morgan fingerprint density at radius 3 is 2.00 bits per heavy atom. The number of nitrogens with one attached hydrogen (secondary N) is 1. The predicted molar refractivity (Wildman–Crippen MR) is 86.2 cm³/mol. The van der Waals surface area contributed by atoms with Gasteiger partial charge < -0.3 is 10.1 Å². The van der Waals surface area contributed by atoms with Gasteiger partial charge >= 0.3 is 0 Å². The molecule has 0 unspecified atom stereocenters. The molecule has 20 heavy (non-hydrogen) atoms. The van der Waals surface area contributed by atoms with Crippen LogP contribution >= 0.6 is 0 Å². The van der Waals surface area contributed by atoms with Crippen LogP contribution in [0.25, 0.3) is 0 Å². The summed E-state index contributed by atoms with van der Waals surface area (Å²) in [5.41, 5.74) is 0. The zero-order valence-corrected chi connectivity index (χ0v) is 13.7. The second-order valence-corrected chi connectivity index (χ2v) is 5.64. The van der Waals surface area contributed by atoms with Crippen LogP contribution in [-0.4, -0.2) is 32.6 Å². The molecule has 0 amide bonds. The molecule has 3 nitrogen and oxygen atoms in total. The summed E-state index contributed by atoms with van der Waals surface area (Å²) < 4.78 is 4.92. The molecule has 0 fully saturated rings. The normalized spacial score (nSPS) is 10.9. The van der Waals surface area contributed by atoms with Gasteiger partial charge in [-0.15, -0.1) is 0 Å². The van der Waals surface area contributed by atoms with E-state index in [1.807, 2.05) is 0 Å². The summed E-state index contributed by atoms with van der Waals surface area (Å²) in [6.07, 6.45) is 13.9. The van der Waals surface area contributed by atoms with Crippen molar-refractivity contribution in [1.82, 2.24) is 5.32 Å². The molecule has 3 heteroatoms. The molecule has 0 bridgehead atoms. The Morgan fingerprint density at radius 2 is 1.45 bits per heavy atom. The van der Waals surface area contributed by atoms with Crippen molar-refractivity contribution in [1.29, 1.82) is 0 Å². The number of Topliss-reactive ketones (excluding diaryl/α,β-unsaturated/α-hetero) is 1. The standard InChI is InChI=1S/C17H35NO2/c1-3-4-5-6-7-8-9-10-11-12-13-17(19)16-18-14-15-20-2/h18H,3-16H2,1-2H3. The molecule has 0 rings (SSSR count). The first-order chi connectivity index (χ1) is 9.81. The number of unbranched alkanes of at least 4 members (excludes halogenated alkanes) is 9. The van der Waals surface area contributed by atoms with Gasteiger partial charge in [0.05, 0.1) is 13.2 Å². The van der Waals surface area contributed by atoms with Gasteiger partial charge in [0.1, 0.15) is 5.78 Å². The lowest BCUT2D eigenvalue weighted by atomic mass is 10.1. The van der Waals surface area contributed by atoms with Crippen molar-refractivity contribution >= 4 is 5.78 Å². The highest BCUT2D eigenvalue weighted by Gasteiger charge is 2.00. The Hall–Kier alpha value is -0.410. The van der Waals surface area contributed by atoms with Crippen LogP contribution in [0.15, 0.2) is 0 Å². The number of ether oxygens (including phenoxy) is 1. The zero-order chi connectivity index (χ0) is 14.9. The zero-order valence-electron chi connectivity index (χ0n) is 13.7. The predicted octanol–water partition coefficient (Wildman–Crippen LogP) is 4.10. The van der Waals surface area contributed by atoms with Crippen molar-refractivity contribution in [3.8, 4) is 0 Å². The SMILES string of the molecule is CCCCCCCCCCCCC(=O)CNCCOC. The smallest absolute Gasteiger partial charge is 0.146 e. The molecule has 0 saturated carbocycles. The van der Waals surface area contributed by atoms with Crippen LogP contribution in [0, 0.1) is 0 Å². The molecule has 0 atom stereocenters. The van der Waals surface area contributed by atoms with E-state index in [0.717, 1.165) is 19.4 Å². The van der Waals surface area contributed by atoms with Gasteiger partial charge in [0.25, 0.3) is 0 Å². The second kappa shape index (κ2) is 16.6. The third kappa shape index (κ3) is 15.6. The van der Waals surface area contributed by atoms with Crippen LogP contribution in [0.4, 0.5) is 0 Å². The molecule has 0 saturated heterocycles. The highest BCUT2D eigenvalue weighted by atomic mass is 16.5. The minimum atomic E-state index is 0.334. The first kappa shape index (κ1) is 19.6. The van der Waals surface area contributed by atoms with Crippen molar-refractivity contribution < 1.29 is 9.53 Å². The highest BCUT2D eigenvalue weighted by molar-refractivity contribution is 5.80. The summed E-state index contributed by atoms with van der Waals surface area (Å²) in [6, 6.07) is 0. The first-order valence-electron chi connectivity index (χ1n) is 8.52. The van der Waals surface area contributed by atoms with Gasteiger partial charge in [-0.3, -0.25) is 4.79 Å². The molecule has 0 heterocycles. The molecule has 0 aliphatic heterocycles. The van der Waals surface area contributed by atoms with Crippen molar-refractivity contribution in [2.75, 3.05) is 26.8 Å². The van der Waals surface area contributed by atoms with Crippen LogP contribution in [0.1, 0.15) is 77.6 Å². The third-order valence-corrected chi connectivity index (χ3v) is 3.61. The lowest BCUT2D eigenvalue weighted by molar-refractivity contribution is -0.118. The van der Waals surface area contributed by atoms with Gasteiger partial charge in [-0.05, 0) is 6.42 Å². The van der Waals surface area contributed by atoms with Gasteiger partial charge in [-0.1, -0.05) is 64.7 Å².